The molecule has 2 N–H and O–H groups in total. The van der Waals surface area contributed by atoms with Gasteiger partial charge in [-0.05, 0) is 31.8 Å². The van der Waals surface area contributed by atoms with Crippen LogP contribution < -0.4 is 5.32 Å². The Morgan fingerprint density at radius 1 is 1.58 bits per heavy atom. The summed E-state index contributed by atoms with van der Waals surface area (Å²) < 4.78 is 5.24. The first kappa shape index (κ1) is 13.5. The molecule has 1 atom stereocenters. The van der Waals surface area contributed by atoms with E-state index in [2.05, 4.69) is 10.3 Å². The highest BCUT2D eigenvalue weighted by atomic mass is 16.4. The van der Waals surface area contributed by atoms with Gasteiger partial charge in [0.15, 0.2) is 12.0 Å². The number of fused-ring (bicyclic) bond motifs is 1. The van der Waals surface area contributed by atoms with Crippen molar-refractivity contribution in [2.75, 3.05) is 20.6 Å². The number of aromatic nitrogens is 1. The summed E-state index contributed by atoms with van der Waals surface area (Å²) in [5.74, 6) is -0.847. The minimum Gasteiger partial charge on any atom is -0.480 e. The summed E-state index contributed by atoms with van der Waals surface area (Å²) in [6.45, 7) is 1.09. The molecule has 0 fully saturated rings. The zero-order chi connectivity index (χ0) is 13.8. The van der Waals surface area contributed by atoms with Crippen LogP contribution in [0.4, 0.5) is 0 Å². The van der Waals surface area contributed by atoms with E-state index in [9.17, 15) is 4.79 Å². The number of benzene rings is 1. The average molecular weight is 263 g/mol. The lowest BCUT2D eigenvalue weighted by atomic mass is 10.2. The molecule has 0 bridgehead atoms. The largest absolute Gasteiger partial charge is 0.480 e. The first-order valence-electron chi connectivity index (χ1n) is 6.01. The van der Waals surface area contributed by atoms with E-state index >= 15 is 0 Å². The highest BCUT2D eigenvalue weighted by molar-refractivity contribution is 5.74. The fourth-order valence-corrected chi connectivity index (χ4v) is 1.98. The molecule has 19 heavy (non-hydrogen) atoms. The number of rotatable bonds is 6. The molecule has 2 rings (SSSR count). The predicted octanol–water partition coefficient (Wildman–Crippen LogP) is 0.932. The van der Waals surface area contributed by atoms with Crippen molar-refractivity contribution in [1.82, 2.24) is 15.2 Å². The number of hydrogen-bond acceptors (Lipinski definition) is 5. The summed E-state index contributed by atoms with van der Waals surface area (Å²) in [7, 11) is 3.53. The van der Waals surface area contributed by atoms with Crippen LogP contribution in [0.15, 0.2) is 29.0 Å². The fourth-order valence-electron chi connectivity index (χ4n) is 1.98. The lowest BCUT2D eigenvalue weighted by Crippen LogP contribution is -2.43. The molecule has 0 saturated heterocycles. The SMILES string of the molecule is CNC(CN(C)Cc1ccc2ncoc2c1)C(=O)O. The van der Waals surface area contributed by atoms with Crippen LogP contribution in [0.25, 0.3) is 11.1 Å². The van der Waals surface area contributed by atoms with Gasteiger partial charge in [-0.2, -0.15) is 0 Å². The number of nitrogens with one attached hydrogen (secondary N) is 1. The summed E-state index contributed by atoms with van der Waals surface area (Å²) in [4.78, 5) is 17.0. The van der Waals surface area contributed by atoms with Crippen molar-refractivity contribution >= 4 is 17.1 Å². The first-order valence-corrected chi connectivity index (χ1v) is 6.01. The maximum absolute atomic E-state index is 10.9. The highest BCUT2D eigenvalue weighted by Gasteiger charge is 2.17. The lowest BCUT2D eigenvalue weighted by Gasteiger charge is -2.20. The second kappa shape index (κ2) is 5.81. The lowest BCUT2D eigenvalue weighted by molar-refractivity contribution is -0.139. The molecule has 0 saturated carbocycles. The van der Waals surface area contributed by atoms with Crippen molar-refractivity contribution in [3.63, 3.8) is 0 Å². The number of carbonyl (C=O) groups is 1. The summed E-state index contributed by atoms with van der Waals surface area (Å²) in [6.07, 6.45) is 1.42. The molecule has 2 aromatic rings. The Morgan fingerprint density at radius 3 is 3.05 bits per heavy atom. The van der Waals surface area contributed by atoms with E-state index in [1.165, 1.54) is 6.39 Å². The summed E-state index contributed by atoms with van der Waals surface area (Å²) in [6, 6.07) is 5.22. The molecule has 1 unspecified atom stereocenters. The number of carboxylic acid groups (broad SMARTS) is 1. The van der Waals surface area contributed by atoms with E-state index < -0.39 is 12.0 Å². The van der Waals surface area contributed by atoms with Gasteiger partial charge in [0.05, 0.1) is 0 Å². The van der Waals surface area contributed by atoms with Crippen molar-refractivity contribution in [2.45, 2.75) is 12.6 Å². The Kier molecular flexibility index (Phi) is 4.13. The van der Waals surface area contributed by atoms with Gasteiger partial charge in [0.2, 0.25) is 0 Å². The second-order valence-corrected chi connectivity index (χ2v) is 4.53. The van der Waals surface area contributed by atoms with Gasteiger partial charge in [-0.3, -0.25) is 9.69 Å². The van der Waals surface area contributed by atoms with Crippen molar-refractivity contribution in [1.29, 1.82) is 0 Å². The van der Waals surface area contributed by atoms with Crippen LogP contribution in [-0.2, 0) is 11.3 Å². The van der Waals surface area contributed by atoms with Crippen molar-refractivity contribution in [2.24, 2.45) is 0 Å². The third-order valence-electron chi connectivity index (χ3n) is 2.99. The Hall–Kier alpha value is -1.92. The van der Waals surface area contributed by atoms with Crippen molar-refractivity contribution in [3.05, 3.63) is 30.2 Å². The molecule has 1 heterocycles. The predicted molar refractivity (Wildman–Crippen MR) is 70.8 cm³/mol. The van der Waals surface area contributed by atoms with E-state index in [0.717, 1.165) is 16.7 Å². The fraction of sp³-hybridized carbons (Fsp3) is 0.385. The van der Waals surface area contributed by atoms with E-state index in [1.807, 2.05) is 30.1 Å². The second-order valence-electron chi connectivity index (χ2n) is 4.53. The zero-order valence-electron chi connectivity index (χ0n) is 11.0. The highest BCUT2D eigenvalue weighted by Crippen LogP contribution is 2.15. The van der Waals surface area contributed by atoms with Crippen molar-refractivity contribution < 1.29 is 14.3 Å². The van der Waals surface area contributed by atoms with E-state index in [-0.39, 0.29) is 0 Å². The molecule has 0 radical (unpaired) electrons. The zero-order valence-corrected chi connectivity index (χ0v) is 11.0. The van der Waals surface area contributed by atoms with E-state index in [4.69, 9.17) is 9.52 Å². The quantitative estimate of drug-likeness (QED) is 0.807. The van der Waals surface area contributed by atoms with Crippen LogP contribution in [0.3, 0.4) is 0 Å². The minimum atomic E-state index is -0.847. The Morgan fingerprint density at radius 2 is 2.37 bits per heavy atom. The molecule has 0 aliphatic carbocycles. The van der Waals surface area contributed by atoms with Crippen LogP contribution >= 0.6 is 0 Å². The van der Waals surface area contributed by atoms with Crippen LogP contribution in [-0.4, -0.2) is 47.6 Å². The average Bonchev–Trinajstić information content (AvgIpc) is 2.82. The van der Waals surface area contributed by atoms with E-state index in [1.54, 1.807) is 7.05 Å². The third kappa shape index (κ3) is 3.30. The standard InChI is InChI=1S/C13H17N3O3/c1-14-11(13(17)18)7-16(2)6-9-3-4-10-12(5-9)19-8-15-10/h3-5,8,11,14H,6-7H2,1-2H3,(H,17,18). The normalized spacial score (nSPS) is 13.0. The number of carboxylic acids is 1. The maximum Gasteiger partial charge on any atom is 0.322 e. The van der Waals surface area contributed by atoms with Gasteiger partial charge in [-0.15, -0.1) is 0 Å². The van der Waals surface area contributed by atoms with Gasteiger partial charge >= 0.3 is 5.97 Å². The number of likely N-dealkylation sites (N-methyl/N-ethyl adjacent to an activating group) is 2. The minimum absolute atomic E-state index is 0.431. The smallest absolute Gasteiger partial charge is 0.322 e. The summed E-state index contributed by atoms with van der Waals surface area (Å²) in [5.41, 5.74) is 2.63. The maximum atomic E-state index is 10.9. The van der Waals surface area contributed by atoms with Gasteiger partial charge in [0, 0.05) is 13.1 Å². The summed E-state index contributed by atoms with van der Waals surface area (Å²) >= 11 is 0. The van der Waals surface area contributed by atoms with Gasteiger partial charge in [0.25, 0.3) is 0 Å². The molecule has 6 heteroatoms. The molecule has 6 nitrogen and oxygen atoms in total. The van der Waals surface area contributed by atoms with Gasteiger partial charge in [-0.1, -0.05) is 6.07 Å². The Bertz CT molecular complexity index is 567. The van der Waals surface area contributed by atoms with Crippen molar-refractivity contribution in [3.8, 4) is 0 Å². The number of oxazole rings is 1. The third-order valence-corrected chi connectivity index (χ3v) is 2.99. The van der Waals surface area contributed by atoms with Gasteiger partial charge in [0.1, 0.15) is 11.6 Å². The Labute approximate surface area is 111 Å². The van der Waals surface area contributed by atoms with Gasteiger partial charge in [-0.25, -0.2) is 4.98 Å². The van der Waals surface area contributed by atoms with Crippen LogP contribution in [0.1, 0.15) is 5.56 Å². The van der Waals surface area contributed by atoms with Crippen LogP contribution in [0, 0.1) is 0 Å². The number of hydrogen-bond donors (Lipinski definition) is 2. The number of aliphatic carboxylic acids is 1. The topological polar surface area (TPSA) is 78.6 Å². The monoisotopic (exact) mass is 263 g/mol. The molecular weight excluding hydrogens is 246 g/mol. The molecular formula is C13H17N3O3. The molecule has 0 amide bonds. The molecule has 1 aromatic heterocycles. The number of nitrogens with zero attached hydrogens (tertiary/aromatic N) is 2. The molecule has 0 aliphatic heterocycles. The Balaban J connectivity index is 2.01. The summed E-state index contributed by atoms with van der Waals surface area (Å²) in [5, 5.41) is 11.8. The van der Waals surface area contributed by atoms with Crippen LogP contribution in [0.5, 0.6) is 0 Å². The molecule has 102 valence electrons. The molecule has 0 aliphatic rings. The van der Waals surface area contributed by atoms with Crippen LogP contribution in [0.2, 0.25) is 0 Å². The first-order chi connectivity index (χ1) is 9.10. The molecule has 0 spiro atoms. The van der Waals surface area contributed by atoms with Gasteiger partial charge < -0.3 is 14.8 Å². The molecule has 1 aromatic carbocycles. The van der Waals surface area contributed by atoms with E-state index in [0.29, 0.717) is 13.1 Å².